The van der Waals surface area contributed by atoms with E-state index in [-0.39, 0.29) is 0 Å². The van der Waals surface area contributed by atoms with Gasteiger partial charge in [-0.25, -0.2) is 0 Å². The van der Waals surface area contributed by atoms with Crippen LogP contribution in [0.15, 0.2) is 0 Å². The van der Waals surface area contributed by atoms with Gasteiger partial charge in [-0.05, 0) is 38.6 Å². The zero-order valence-electron chi connectivity index (χ0n) is 11.7. The summed E-state index contributed by atoms with van der Waals surface area (Å²) in [5.74, 6) is 0. The molecule has 2 saturated carbocycles. The highest BCUT2D eigenvalue weighted by Crippen LogP contribution is 2.30. The molecule has 0 bridgehead atoms. The summed E-state index contributed by atoms with van der Waals surface area (Å²) in [6, 6.07) is 3.97. The SMILES string of the molecule is N#CCCCN(C1CCCCC1)C1CCCCC1. The fourth-order valence-corrected chi connectivity index (χ4v) is 3.83. The van der Waals surface area contributed by atoms with Crippen LogP contribution in [0.3, 0.4) is 0 Å². The second-order valence-corrected chi connectivity index (χ2v) is 6.08. The fourth-order valence-electron chi connectivity index (χ4n) is 3.83. The second-order valence-electron chi connectivity index (χ2n) is 6.08. The number of unbranched alkanes of at least 4 members (excludes halogenated alkanes) is 1. The summed E-state index contributed by atoms with van der Waals surface area (Å²) in [6.45, 7) is 1.17. The molecule has 0 radical (unpaired) electrons. The van der Waals surface area contributed by atoms with Crippen molar-refractivity contribution in [1.29, 1.82) is 5.26 Å². The predicted octanol–water partition coefficient (Wildman–Crippen LogP) is 4.26. The van der Waals surface area contributed by atoms with Crippen LogP contribution in [0.2, 0.25) is 0 Å². The van der Waals surface area contributed by atoms with E-state index >= 15 is 0 Å². The number of hydrogen-bond donors (Lipinski definition) is 0. The van der Waals surface area contributed by atoms with Gasteiger partial charge in [0.2, 0.25) is 0 Å². The number of rotatable bonds is 5. The number of hydrogen-bond acceptors (Lipinski definition) is 2. The average molecular weight is 248 g/mol. The van der Waals surface area contributed by atoms with Gasteiger partial charge in [0, 0.05) is 18.5 Å². The molecule has 0 aromatic carbocycles. The van der Waals surface area contributed by atoms with Crippen LogP contribution in [0.1, 0.15) is 77.0 Å². The zero-order valence-corrected chi connectivity index (χ0v) is 11.7. The first-order chi connectivity index (χ1) is 8.92. The van der Waals surface area contributed by atoms with Crippen molar-refractivity contribution < 1.29 is 0 Å². The van der Waals surface area contributed by atoms with Gasteiger partial charge in [0.05, 0.1) is 6.07 Å². The van der Waals surface area contributed by atoms with Crippen LogP contribution in [-0.4, -0.2) is 23.5 Å². The Morgan fingerprint density at radius 2 is 1.33 bits per heavy atom. The third kappa shape index (κ3) is 3.99. The normalized spacial score (nSPS) is 23.1. The van der Waals surface area contributed by atoms with E-state index in [1.165, 1.54) is 70.8 Å². The highest BCUT2D eigenvalue weighted by atomic mass is 15.2. The summed E-state index contributed by atoms with van der Waals surface area (Å²) in [5.41, 5.74) is 0. The molecule has 0 spiro atoms. The van der Waals surface area contributed by atoms with Crippen LogP contribution < -0.4 is 0 Å². The molecule has 102 valence electrons. The Balaban J connectivity index is 1.89. The molecule has 0 aromatic rings. The van der Waals surface area contributed by atoms with E-state index in [9.17, 15) is 0 Å². The Labute approximate surface area is 112 Å². The van der Waals surface area contributed by atoms with Crippen molar-refractivity contribution in [3.8, 4) is 6.07 Å². The molecule has 0 saturated heterocycles. The molecule has 0 aliphatic heterocycles. The van der Waals surface area contributed by atoms with Crippen molar-refractivity contribution in [2.75, 3.05) is 6.54 Å². The van der Waals surface area contributed by atoms with Crippen molar-refractivity contribution >= 4 is 0 Å². The van der Waals surface area contributed by atoms with E-state index in [4.69, 9.17) is 5.26 Å². The van der Waals surface area contributed by atoms with Crippen LogP contribution in [-0.2, 0) is 0 Å². The van der Waals surface area contributed by atoms with E-state index in [0.29, 0.717) is 0 Å². The van der Waals surface area contributed by atoms with E-state index in [1.54, 1.807) is 0 Å². The lowest BCUT2D eigenvalue weighted by atomic mass is 9.88. The molecule has 0 N–H and O–H groups in total. The summed E-state index contributed by atoms with van der Waals surface area (Å²) >= 11 is 0. The molecular weight excluding hydrogens is 220 g/mol. The Hall–Kier alpha value is -0.550. The van der Waals surface area contributed by atoms with Crippen LogP contribution in [0.25, 0.3) is 0 Å². The van der Waals surface area contributed by atoms with Gasteiger partial charge in [0.25, 0.3) is 0 Å². The van der Waals surface area contributed by atoms with E-state index in [1.807, 2.05) is 0 Å². The first kappa shape index (κ1) is 13.9. The highest BCUT2D eigenvalue weighted by Gasteiger charge is 2.28. The van der Waals surface area contributed by atoms with Gasteiger partial charge in [-0.3, -0.25) is 4.90 Å². The Morgan fingerprint density at radius 1 is 0.833 bits per heavy atom. The molecule has 0 atom stereocenters. The molecule has 0 heterocycles. The van der Waals surface area contributed by atoms with Gasteiger partial charge in [0.15, 0.2) is 0 Å². The van der Waals surface area contributed by atoms with Gasteiger partial charge in [-0.15, -0.1) is 0 Å². The quantitative estimate of drug-likeness (QED) is 0.680. The first-order valence-corrected chi connectivity index (χ1v) is 8.04. The third-order valence-corrected chi connectivity index (χ3v) is 4.79. The standard InChI is InChI=1S/C16H28N2/c17-13-7-8-14-18(15-9-3-1-4-10-15)16-11-5-2-6-12-16/h15-16H,1-12,14H2. The minimum Gasteiger partial charge on any atom is -0.297 e. The van der Waals surface area contributed by atoms with E-state index in [2.05, 4.69) is 11.0 Å². The summed E-state index contributed by atoms with van der Waals surface area (Å²) in [5, 5.41) is 8.73. The van der Waals surface area contributed by atoms with E-state index < -0.39 is 0 Å². The lowest BCUT2D eigenvalue weighted by molar-refractivity contribution is 0.0800. The van der Waals surface area contributed by atoms with E-state index in [0.717, 1.165) is 24.9 Å². The van der Waals surface area contributed by atoms with Crippen LogP contribution in [0.5, 0.6) is 0 Å². The average Bonchev–Trinajstić information content (AvgIpc) is 2.46. The van der Waals surface area contributed by atoms with Crippen molar-refractivity contribution in [2.24, 2.45) is 0 Å². The highest BCUT2D eigenvalue weighted by molar-refractivity contribution is 4.84. The molecule has 2 nitrogen and oxygen atoms in total. The molecular formula is C16H28N2. The molecule has 2 rings (SSSR count). The third-order valence-electron chi connectivity index (χ3n) is 4.79. The Kier molecular flexibility index (Phi) is 6.00. The first-order valence-electron chi connectivity index (χ1n) is 8.04. The van der Waals surface area contributed by atoms with Gasteiger partial charge in [-0.2, -0.15) is 5.26 Å². The number of nitriles is 1. The minimum absolute atomic E-state index is 0.732. The summed E-state index contributed by atoms with van der Waals surface area (Å²) in [7, 11) is 0. The molecule has 2 heteroatoms. The molecule has 18 heavy (non-hydrogen) atoms. The van der Waals surface area contributed by atoms with Crippen LogP contribution in [0, 0.1) is 11.3 Å². The molecule has 2 aliphatic rings. The predicted molar refractivity (Wildman–Crippen MR) is 75.3 cm³/mol. The Bertz CT molecular complexity index is 239. The summed E-state index contributed by atoms with van der Waals surface area (Å²) in [4.78, 5) is 2.80. The van der Waals surface area contributed by atoms with Crippen molar-refractivity contribution in [2.45, 2.75) is 89.1 Å². The monoisotopic (exact) mass is 248 g/mol. The van der Waals surface area contributed by atoms with Crippen LogP contribution in [0.4, 0.5) is 0 Å². The van der Waals surface area contributed by atoms with Crippen LogP contribution >= 0.6 is 0 Å². The topological polar surface area (TPSA) is 27.0 Å². The lowest BCUT2D eigenvalue weighted by Gasteiger charge is -2.41. The molecule has 0 amide bonds. The summed E-state index contributed by atoms with van der Waals surface area (Å²) in [6.07, 6.45) is 16.0. The molecule has 0 aromatic heterocycles. The maximum atomic E-state index is 8.73. The minimum atomic E-state index is 0.732. The van der Waals surface area contributed by atoms with Crippen molar-refractivity contribution in [3.05, 3.63) is 0 Å². The largest absolute Gasteiger partial charge is 0.297 e. The lowest BCUT2D eigenvalue weighted by Crippen LogP contribution is -2.45. The molecule has 2 fully saturated rings. The second kappa shape index (κ2) is 7.79. The smallest absolute Gasteiger partial charge is 0.0622 e. The molecule has 0 unspecified atom stereocenters. The Morgan fingerprint density at radius 3 is 1.78 bits per heavy atom. The van der Waals surface area contributed by atoms with Gasteiger partial charge < -0.3 is 0 Å². The zero-order chi connectivity index (χ0) is 12.6. The van der Waals surface area contributed by atoms with Crippen molar-refractivity contribution in [3.63, 3.8) is 0 Å². The fraction of sp³-hybridized carbons (Fsp3) is 0.938. The van der Waals surface area contributed by atoms with Gasteiger partial charge in [0.1, 0.15) is 0 Å². The maximum absolute atomic E-state index is 8.73. The molecule has 2 aliphatic carbocycles. The summed E-state index contributed by atoms with van der Waals surface area (Å²) < 4.78 is 0. The maximum Gasteiger partial charge on any atom is 0.0622 e. The van der Waals surface area contributed by atoms with Crippen molar-refractivity contribution in [1.82, 2.24) is 4.90 Å². The number of nitrogens with zero attached hydrogens (tertiary/aromatic N) is 2. The van der Waals surface area contributed by atoms with Gasteiger partial charge >= 0.3 is 0 Å². The van der Waals surface area contributed by atoms with Gasteiger partial charge in [-0.1, -0.05) is 38.5 Å².